The molecule has 1 amide bonds. The Morgan fingerprint density at radius 3 is 2.52 bits per heavy atom. The maximum absolute atomic E-state index is 13.0. The molecule has 3 heterocycles. The molecule has 0 aromatic carbocycles. The van der Waals surface area contributed by atoms with Gasteiger partial charge in [0.05, 0.1) is 0 Å². The topological polar surface area (TPSA) is 90.6 Å². The molecular weight excluding hydrogens is 316 g/mol. The number of carbonyl (C=O) groups excluding carboxylic acids is 1. The maximum atomic E-state index is 13.0. The van der Waals surface area contributed by atoms with Crippen LogP contribution in [0.2, 0.25) is 0 Å². The SMILES string of the molecule is Cc1[nH]nc(C(=O)N2C[C@H](c3nc(C4CC4)n[nH]3)[C@@H](C3CC3)C2)c1C. The molecule has 2 saturated carbocycles. The fourth-order valence-corrected chi connectivity index (χ4v) is 4.11. The molecule has 0 spiro atoms. The van der Waals surface area contributed by atoms with Crippen LogP contribution in [0.15, 0.2) is 0 Å². The van der Waals surface area contributed by atoms with Gasteiger partial charge in [0.15, 0.2) is 11.5 Å². The van der Waals surface area contributed by atoms with Crippen molar-refractivity contribution in [2.45, 2.75) is 51.4 Å². The zero-order valence-corrected chi connectivity index (χ0v) is 14.7. The summed E-state index contributed by atoms with van der Waals surface area (Å²) in [6.45, 7) is 5.42. The molecule has 3 aliphatic rings. The van der Waals surface area contributed by atoms with Gasteiger partial charge >= 0.3 is 0 Å². The van der Waals surface area contributed by atoms with Crippen LogP contribution in [-0.4, -0.2) is 49.3 Å². The molecule has 7 heteroatoms. The van der Waals surface area contributed by atoms with Gasteiger partial charge in [0.1, 0.15) is 5.82 Å². The van der Waals surface area contributed by atoms with E-state index in [4.69, 9.17) is 4.98 Å². The minimum Gasteiger partial charge on any atom is -0.336 e. The standard InChI is InChI=1S/C18H24N6O/c1-9-10(2)20-21-15(9)18(25)24-7-13(11-3-4-11)14(8-24)17-19-16(22-23-17)12-5-6-12/h11-14H,3-8H2,1-2H3,(H,20,21)(H,19,22,23)/t13-,14+/m1/s1. The number of hydrogen-bond acceptors (Lipinski definition) is 4. The van der Waals surface area contributed by atoms with Crippen LogP contribution < -0.4 is 0 Å². The molecule has 0 bridgehead atoms. The van der Waals surface area contributed by atoms with Gasteiger partial charge in [0.25, 0.3) is 5.91 Å². The number of rotatable bonds is 4. The minimum atomic E-state index is 0.0388. The van der Waals surface area contributed by atoms with Crippen molar-refractivity contribution in [1.29, 1.82) is 0 Å². The zero-order chi connectivity index (χ0) is 17.1. The van der Waals surface area contributed by atoms with Crippen LogP contribution in [0.4, 0.5) is 0 Å². The molecule has 2 aromatic rings. The van der Waals surface area contributed by atoms with Crippen LogP contribution in [0, 0.1) is 25.7 Å². The van der Waals surface area contributed by atoms with Crippen LogP contribution >= 0.6 is 0 Å². The largest absolute Gasteiger partial charge is 0.336 e. The number of hydrogen-bond donors (Lipinski definition) is 2. The third kappa shape index (κ3) is 2.56. The molecule has 7 nitrogen and oxygen atoms in total. The average molecular weight is 340 g/mol. The second-order valence-electron chi connectivity index (χ2n) is 7.99. The van der Waals surface area contributed by atoms with E-state index in [0.717, 1.165) is 35.4 Å². The van der Waals surface area contributed by atoms with Crippen molar-refractivity contribution in [3.8, 4) is 0 Å². The highest BCUT2D eigenvalue weighted by Gasteiger charge is 2.46. The number of H-pyrrole nitrogens is 2. The van der Waals surface area contributed by atoms with E-state index >= 15 is 0 Å². The first-order chi connectivity index (χ1) is 12.1. The Bertz CT molecular complexity index is 815. The van der Waals surface area contributed by atoms with E-state index in [2.05, 4.69) is 20.4 Å². The Balaban J connectivity index is 1.39. The van der Waals surface area contributed by atoms with Gasteiger partial charge in [0.2, 0.25) is 0 Å². The van der Waals surface area contributed by atoms with Crippen molar-refractivity contribution in [1.82, 2.24) is 30.3 Å². The molecule has 25 heavy (non-hydrogen) atoms. The van der Waals surface area contributed by atoms with E-state index in [9.17, 15) is 4.79 Å². The summed E-state index contributed by atoms with van der Waals surface area (Å²) in [7, 11) is 0. The van der Waals surface area contributed by atoms with Crippen molar-refractivity contribution in [3.63, 3.8) is 0 Å². The molecule has 2 N–H and O–H groups in total. The molecule has 132 valence electrons. The quantitative estimate of drug-likeness (QED) is 0.893. The molecular formula is C18H24N6O. The first kappa shape index (κ1) is 15.1. The summed E-state index contributed by atoms with van der Waals surface area (Å²) in [6, 6.07) is 0. The number of aromatic amines is 2. The van der Waals surface area contributed by atoms with Gasteiger partial charge in [-0.25, -0.2) is 4.98 Å². The van der Waals surface area contributed by atoms with Gasteiger partial charge in [-0.15, -0.1) is 0 Å². The number of carbonyl (C=O) groups is 1. The lowest BCUT2D eigenvalue weighted by Gasteiger charge is -2.15. The van der Waals surface area contributed by atoms with Crippen LogP contribution in [0.5, 0.6) is 0 Å². The van der Waals surface area contributed by atoms with E-state index < -0.39 is 0 Å². The normalized spacial score (nSPS) is 26.4. The van der Waals surface area contributed by atoms with Crippen LogP contribution in [0.3, 0.4) is 0 Å². The Hall–Kier alpha value is -2.18. The summed E-state index contributed by atoms with van der Waals surface area (Å²) in [6.07, 6.45) is 4.95. The van der Waals surface area contributed by atoms with Crippen LogP contribution in [0.1, 0.15) is 70.9 Å². The molecule has 0 radical (unpaired) electrons. The fraction of sp³-hybridized carbons (Fsp3) is 0.667. The second kappa shape index (κ2) is 5.41. The highest BCUT2D eigenvalue weighted by atomic mass is 16.2. The molecule has 0 unspecified atom stereocenters. The van der Waals surface area contributed by atoms with Gasteiger partial charge in [-0.3, -0.25) is 15.0 Å². The van der Waals surface area contributed by atoms with Crippen LogP contribution in [0.25, 0.3) is 0 Å². The number of aromatic nitrogens is 5. The number of likely N-dealkylation sites (tertiary alicyclic amines) is 1. The van der Waals surface area contributed by atoms with Crippen molar-refractivity contribution >= 4 is 5.91 Å². The average Bonchev–Trinajstić information content (AvgIpc) is 3.52. The molecule has 3 fully saturated rings. The van der Waals surface area contributed by atoms with E-state index in [0.29, 0.717) is 24.1 Å². The number of nitrogens with one attached hydrogen (secondary N) is 2. The van der Waals surface area contributed by atoms with Crippen molar-refractivity contribution < 1.29 is 4.79 Å². The van der Waals surface area contributed by atoms with Crippen molar-refractivity contribution in [3.05, 3.63) is 28.6 Å². The van der Waals surface area contributed by atoms with Gasteiger partial charge in [-0.2, -0.15) is 10.2 Å². The lowest BCUT2D eigenvalue weighted by atomic mass is 9.91. The van der Waals surface area contributed by atoms with E-state index in [1.807, 2.05) is 18.7 Å². The van der Waals surface area contributed by atoms with E-state index in [1.54, 1.807) is 0 Å². The van der Waals surface area contributed by atoms with E-state index in [-0.39, 0.29) is 11.8 Å². The Labute approximate surface area is 146 Å². The summed E-state index contributed by atoms with van der Waals surface area (Å²) in [5.41, 5.74) is 2.47. The molecule has 5 rings (SSSR count). The van der Waals surface area contributed by atoms with Gasteiger partial charge in [-0.1, -0.05) is 0 Å². The molecule has 1 aliphatic heterocycles. The molecule has 1 saturated heterocycles. The Kier molecular flexibility index (Phi) is 3.27. The first-order valence-electron chi connectivity index (χ1n) is 9.35. The predicted octanol–water partition coefficient (Wildman–Crippen LogP) is 2.29. The second-order valence-corrected chi connectivity index (χ2v) is 7.99. The summed E-state index contributed by atoms with van der Waals surface area (Å²) in [5, 5.41) is 14.8. The predicted molar refractivity (Wildman–Crippen MR) is 91.3 cm³/mol. The zero-order valence-electron chi connectivity index (χ0n) is 14.7. The maximum Gasteiger partial charge on any atom is 0.274 e. The lowest BCUT2D eigenvalue weighted by molar-refractivity contribution is 0.0778. The van der Waals surface area contributed by atoms with E-state index in [1.165, 1.54) is 25.7 Å². The lowest BCUT2D eigenvalue weighted by Crippen LogP contribution is -2.30. The monoisotopic (exact) mass is 340 g/mol. The highest BCUT2D eigenvalue weighted by Crippen LogP contribution is 2.47. The third-order valence-corrected chi connectivity index (χ3v) is 6.15. The van der Waals surface area contributed by atoms with Gasteiger partial charge < -0.3 is 4.90 Å². The number of amides is 1. The molecule has 2 aliphatic carbocycles. The van der Waals surface area contributed by atoms with Gasteiger partial charge in [0, 0.05) is 36.2 Å². The minimum absolute atomic E-state index is 0.0388. The van der Waals surface area contributed by atoms with Crippen molar-refractivity contribution in [2.24, 2.45) is 11.8 Å². The number of nitrogens with zero attached hydrogens (tertiary/aromatic N) is 4. The molecule has 2 atom stereocenters. The Morgan fingerprint density at radius 2 is 1.88 bits per heavy atom. The first-order valence-corrected chi connectivity index (χ1v) is 9.35. The highest BCUT2D eigenvalue weighted by molar-refractivity contribution is 5.94. The number of aryl methyl sites for hydroxylation is 1. The molecule has 2 aromatic heterocycles. The fourth-order valence-electron chi connectivity index (χ4n) is 4.11. The van der Waals surface area contributed by atoms with Crippen LogP contribution in [-0.2, 0) is 0 Å². The smallest absolute Gasteiger partial charge is 0.274 e. The summed E-state index contributed by atoms with van der Waals surface area (Å²) >= 11 is 0. The van der Waals surface area contributed by atoms with Crippen molar-refractivity contribution in [2.75, 3.05) is 13.1 Å². The summed E-state index contributed by atoms with van der Waals surface area (Å²) in [5.74, 6) is 4.02. The Morgan fingerprint density at radius 1 is 1.08 bits per heavy atom. The summed E-state index contributed by atoms with van der Waals surface area (Å²) in [4.78, 5) is 19.7. The third-order valence-electron chi connectivity index (χ3n) is 6.15. The summed E-state index contributed by atoms with van der Waals surface area (Å²) < 4.78 is 0. The van der Waals surface area contributed by atoms with Gasteiger partial charge in [-0.05, 0) is 51.4 Å².